The minimum atomic E-state index is -0.799. The summed E-state index contributed by atoms with van der Waals surface area (Å²) in [6.45, 7) is 4.52. The van der Waals surface area contributed by atoms with Gasteiger partial charge in [-0.1, -0.05) is 23.2 Å². The molecule has 0 fully saturated rings. The van der Waals surface area contributed by atoms with Crippen molar-refractivity contribution < 1.29 is 5.11 Å². The number of aliphatic hydroxyl groups is 1. The number of pyridine rings is 1. The van der Waals surface area contributed by atoms with Crippen LogP contribution in [0, 0.1) is 6.92 Å². The molecule has 19 heavy (non-hydrogen) atoms. The summed E-state index contributed by atoms with van der Waals surface area (Å²) < 4.78 is 1.79. The topological polar surface area (TPSA) is 50.9 Å². The van der Waals surface area contributed by atoms with E-state index in [1.807, 2.05) is 13.8 Å². The first-order valence-corrected chi connectivity index (χ1v) is 6.80. The van der Waals surface area contributed by atoms with Crippen LogP contribution in [0.2, 0.25) is 10.0 Å². The Morgan fingerprint density at radius 2 is 2.16 bits per heavy atom. The van der Waals surface area contributed by atoms with Gasteiger partial charge in [0.15, 0.2) is 0 Å². The fourth-order valence-electron chi connectivity index (χ4n) is 1.99. The SMILES string of the molecule is CCn1nc(C)c(Cl)c1CC(O)c1ncccc1Cl. The molecular weight excluding hydrogens is 285 g/mol. The normalized spacial score (nSPS) is 12.7. The van der Waals surface area contributed by atoms with Crippen LogP contribution in [0.25, 0.3) is 0 Å². The van der Waals surface area contributed by atoms with E-state index in [4.69, 9.17) is 23.2 Å². The third-order valence-electron chi connectivity index (χ3n) is 2.94. The van der Waals surface area contributed by atoms with Gasteiger partial charge < -0.3 is 5.11 Å². The fourth-order valence-corrected chi connectivity index (χ4v) is 2.45. The van der Waals surface area contributed by atoms with E-state index in [2.05, 4.69) is 10.1 Å². The highest BCUT2D eigenvalue weighted by Crippen LogP contribution is 2.28. The lowest BCUT2D eigenvalue weighted by molar-refractivity contribution is 0.171. The minimum absolute atomic E-state index is 0.338. The Hall–Kier alpha value is -1.10. The lowest BCUT2D eigenvalue weighted by Crippen LogP contribution is -2.10. The summed E-state index contributed by atoms with van der Waals surface area (Å²) in [6.07, 6.45) is 1.14. The van der Waals surface area contributed by atoms with E-state index in [0.717, 1.165) is 11.4 Å². The van der Waals surface area contributed by atoms with Crippen LogP contribution in [0.5, 0.6) is 0 Å². The van der Waals surface area contributed by atoms with Gasteiger partial charge in [-0.15, -0.1) is 0 Å². The summed E-state index contributed by atoms with van der Waals surface area (Å²) in [7, 11) is 0. The van der Waals surface area contributed by atoms with Crippen LogP contribution in [-0.2, 0) is 13.0 Å². The quantitative estimate of drug-likeness (QED) is 0.943. The maximum absolute atomic E-state index is 10.3. The Bertz CT molecular complexity index is 583. The van der Waals surface area contributed by atoms with Gasteiger partial charge in [-0.25, -0.2) is 0 Å². The molecule has 1 atom stereocenters. The molecule has 0 aliphatic heterocycles. The molecule has 0 aliphatic carbocycles. The summed E-state index contributed by atoms with van der Waals surface area (Å²) in [4.78, 5) is 4.11. The Labute approximate surface area is 122 Å². The average Bonchev–Trinajstić information content (AvgIpc) is 2.67. The average molecular weight is 300 g/mol. The Morgan fingerprint density at radius 3 is 2.79 bits per heavy atom. The molecular formula is C13H15Cl2N3O. The van der Waals surface area contributed by atoms with Crippen molar-refractivity contribution in [1.82, 2.24) is 14.8 Å². The molecule has 0 amide bonds. The van der Waals surface area contributed by atoms with Crippen molar-refractivity contribution in [2.24, 2.45) is 0 Å². The van der Waals surface area contributed by atoms with Crippen molar-refractivity contribution in [2.75, 3.05) is 0 Å². The molecule has 2 rings (SSSR count). The van der Waals surface area contributed by atoms with E-state index in [9.17, 15) is 5.11 Å². The number of aryl methyl sites for hydroxylation is 2. The molecule has 0 saturated carbocycles. The van der Waals surface area contributed by atoms with Gasteiger partial charge in [0.1, 0.15) is 6.10 Å². The first-order valence-electron chi connectivity index (χ1n) is 6.04. The van der Waals surface area contributed by atoms with Gasteiger partial charge in [0, 0.05) is 19.2 Å². The lowest BCUT2D eigenvalue weighted by Gasteiger charge is -2.12. The van der Waals surface area contributed by atoms with Gasteiger partial charge in [0.2, 0.25) is 0 Å². The summed E-state index contributed by atoms with van der Waals surface area (Å²) in [5.74, 6) is 0. The van der Waals surface area contributed by atoms with E-state index in [1.165, 1.54) is 0 Å². The highest BCUT2D eigenvalue weighted by molar-refractivity contribution is 6.32. The summed E-state index contributed by atoms with van der Waals surface area (Å²) in [5.41, 5.74) is 2.02. The zero-order chi connectivity index (χ0) is 14.0. The molecule has 1 N–H and O–H groups in total. The van der Waals surface area contributed by atoms with E-state index in [1.54, 1.807) is 23.0 Å². The molecule has 0 aliphatic rings. The molecule has 2 heterocycles. The standard InChI is InChI=1S/C13H15Cl2N3O/c1-3-18-10(12(15)8(2)17-18)7-11(19)13-9(14)5-4-6-16-13/h4-6,11,19H,3,7H2,1-2H3. The van der Waals surface area contributed by atoms with E-state index in [-0.39, 0.29) is 0 Å². The number of rotatable bonds is 4. The molecule has 0 bridgehead atoms. The van der Waals surface area contributed by atoms with Crippen LogP contribution in [0.4, 0.5) is 0 Å². The van der Waals surface area contributed by atoms with E-state index in [0.29, 0.717) is 28.7 Å². The highest BCUT2D eigenvalue weighted by Gasteiger charge is 2.19. The summed E-state index contributed by atoms with van der Waals surface area (Å²) in [5, 5.41) is 15.6. The van der Waals surface area contributed by atoms with Crippen molar-refractivity contribution in [3.05, 3.63) is 45.5 Å². The second kappa shape index (κ2) is 5.90. The molecule has 102 valence electrons. The van der Waals surface area contributed by atoms with Gasteiger partial charge in [-0.3, -0.25) is 9.67 Å². The van der Waals surface area contributed by atoms with Gasteiger partial charge in [-0.2, -0.15) is 5.10 Å². The number of halogens is 2. The lowest BCUT2D eigenvalue weighted by atomic mass is 10.1. The van der Waals surface area contributed by atoms with Crippen molar-refractivity contribution >= 4 is 23.2 Å². The molecule has 0 saturated heterocycles. The van der Waals surface area contributed by atoms with Gasteiger partial charge >= 0.3 is 0 Å². The Kier molecular flexibility index (Phi) is 4.45. The van der Waals surface area contributed by atoms with E-state index < -0.39 is 6.10 Å². The molecule has 0 aromatic carbocycles. The van der Waals surface area contributed by atoms with Gasteiger partial charge in [-0.05, 0) is 26.0 Å². The molecule has 2 aromatic rings. The van der Waals surface area contributed by atoms with Crippen molar-refractivity contribution in [3.8, 4) is 0 Å². The smallest absolute Gasteiger partial charge is 0.103 e. The Morgan fingerprint density at radius 1 is 1.42 bits per heavy atom. The van der Waals surface area contributed by atoms with Gasteiger partial charge in [0.05, 0.1) is 27.1 Å². The van der Waals surface area contributed by atoms with Gasteiger partial charge in [0.25, 0.3) is 0 Å². The molecule has 0 spiro atoms. The second-order valence-electron chi connectivity index (χ2n) is 4.25. The predicted octanol–water partition coefficient (Wildman–Crippen LogP) is 3.19. The fraction of sp³-hybridized carbons (Fsp3) is 0.385. The third kappa shape index (κ3) is 2.91. The second-order valence-corrected chi connectivity index (χ2v) is 5.04. The molecule has 4 nitrogen and oxygen atoms in total. The zero-order valence-corrected chi connectivity index (χ0v) is 12.3. The van der Waals surface area contributed by atoms with Crippen molar-refractivity contribution in [2.45, 2.75) is 32.9 Å². The first kappa shape index (κ1) is 14.3. The third-order valence-corrected chi connectivity index (χ3v) is 3.75. The molecule has 0 radical (unpaired) electrons. The largest absolute Gasteiger partial charge is 0.386 e. The van der Waals surface area contributed by atoms with Crippen LogP contribution in [0.3, 0.4) is 0 Å². The maximum Gasteiger partial charge on any atom is 0.103 e. The van der Waals surface area contributed by atoms with Crippen LogP contribution in [0.15, 0.2) is 18.3 Å². The van der Waals surface area contributed by atoms with Crippen molar-refractivity contribution in [3.63, 3.8) is 0 Å². The Balaban J connectivity index is 2.29. The number of hydrogen-bond donors (Lipinski definition) is 1. The van der Waals surface area contributed by atoms with Crippen LogP contribution >= 0.6 is 23.2 Å². The van der Waals surface area contributed by atoms with Crippen LogP contribution in [0.1, 0.15) is 30.1 Å². The van der Waals surface area contributed by atoms with E-state index >= 15 is 0 Å². The monoisotopic (exact) mass is 299 g/mol. The van der Waals surface area contributed by atoms with Crippen LogP contribution < -0.4 is 0 Å². The number of hydrogen-bond acceptors (Lipinski definition) is 3. The summed E-state index contributed by atoms with van der Waals surface area (Å²) >= 11 is 12.2. The maximum atomic E-state index is 10.3. The number of aliphatic hydroxyl groups excluding tert-OH is 1. The van der Waals surface area contributed by atoms with Crippen molar-refractivity contribution in [1.29, 1.82) is 0 Å². The predicted molar refractivity (Wildman–Crippen MR) is 75.6 cm³/mol. The minimum Gasteiger partial charge on any atom is -0.386 e. The zero-order valence-electron chi connectivity index (χ0n) is 10.8. The highest BCUT2D eigenvalue weighted by atomic mass is 35.5. The number of aromatic nitrogens is 3. The summed E-state index contributed by atoms with van der Waals surface area (Å²) in [6, 6.07) is 3.43. The number of nitrogens with zero attached hydrogens (tertiary/aromatic N) is 3. The molecule has 1 unspecified atom stereocenters. The molecule has 6 heteroatoms. The molecule has 2 aromatic heterocycles. The van der Waals surface area contributed by atoms with Crippen LogP contribution in [-0.4, -0.2) is 19.9 Å². The first-order chi connectivity index (χ1) is 9.04.